The molecule has 0 bridgehead atoms. The average Bonchev–Trinajstić information content (AvgIpc) is 2.59. The van der Waals surface area contributed by atoms with Gasteiger partial charge in [0.25, 0.3) is 0 Å². The monoisotopic (exact) mass is 355 g/mol. The van der Waals surface area contributed by atoms with Gasteiger partial charge in [-0.05, 0) is 0 Å². The van der Waals surface area contributed by atoms with Crippen LogP contribution in [0.1, 0.15) is 5.56 Å². The topological polar surface area (TPSA) is 44.2 Å². The van der Waals surface area contributed by atoms with Crippen LogP contribution in [-0.4, -0.2) is 39.9 Å². The Labute approximate surface area is 136 Å². The van der Waals surface area contributed by atoms with E-state index in [0.717, 1.165) is 20.6 Å². The van der Waals surface area contributed by atoms with Crippen LogP contribution >= 0.6 is 0 Å². The quantitative estimate of drug-likeness (QED) is 0.658. The van der Waals surface area contributed by atoms with Gasteiger partial charge < -0.3 is 0 Å². The van der Waals surface area contributed by atoms with Crippen LogP contribution in [0.25, 0.3) is 10.9 Å². The van der Waals surface area contributed by atoms with Crippen molar-refractivity contribution in [1.29, 1.82) is 0 Å². The van der Waals surface area contributed by atoms with Crippen LogP contribution in [0.15, 0.2) is 48.8 Å². The van der Waals surface area contributed by atoms with Crippen molar-refractivity contribution in [2.75, 3.05) is 14.2 Å². The van der Waals surface area contributed by atoms with E-state index in [4.69, 9.17) is 9.47 Å². The van der Waals surface area contributed by atoms with Gasteiger partial charge in [0, 0.05) is 0 Å². The van der Waals surface area contributed by atoms with E-state index in [0.29, 0.717) is 11.5 Å². The number of aromatic nitrogens is 2. The van der Waals surface area contributed by atoms with Crippen molar-refractivity contribution in [3.05, 3.63) is 54.4 Å². The molecule has 2 aromatic carbocycles. The fraction of sp³-hybridized carbons (Fsp3) is 0.176. The number of ether oxygens (including phenoxy) is 2. The molecule has 0 aliphatic heterocycles. The summed E-state index contributed by atoms with van der Waals surface area (Å²) in [6, 6.07) is 14.4. The zero-order valence-corrected chi connectivity index (χ0v) is 14.4. The average molecular weight is 355 g/mol. The first-order chi connectivity index (χ1) is 10.8. The van der Waals surface area contributed by atoms with Gasteiger partial charge in [-0.2, -0.15) is 0 Å². The molecule has 0 spiro atoms. The van der Waals surface area contributed by atoms with Crippen LogP contribution in [0.2, 0.25) is 0 Å². The Bertz CT molecular complexity index is 778. The van der Waals surface area contributed by atoms with Crippen molar-refractivity contribution in [3.8, 4) is 11.5 Å². The second-order valence-corrected chi connectivity index (χ2v) is 6.94. The summed E-state index contributed by atoms with van der Waals surface area (Å²) in [4.78, 5) is 8.84. The first-order valence-corrected chi connectivity index (χ1v) is 9.16. The molecule has 0 fully saturated rings. The summed E-state index contributed by atoms with van der Waals surface area (Å²) in [5.41, 5.74) is 2.24. The first-order valence-electron chi connectivity index (χ1n) is 6.90. The fourth-order valence-electron chi connectivity index (χ4n) is 2.25. The minimum atomic E-state index is -0.0725. The molecule has 111 valence electrons. The number of hydrogen-bond donors (Lipinski definition) is 0. The Morgan fingerprint density at radius 2 is 1.68 bits per heavy atom. The normalized spacial score (nSPS) is 11.2. The molecule has 3 aromatic rings. The summed E-state index contributed by atoms with van der Waals surface area (Å²) in [5.74, 6) is 1.41. The fourth-order valence-corrected chi connectivity index (χ4v) is 4.40. The van der Waals surface area contributed by atoms with Crippen molar-refractivity contribution >= 4 is 31.1 Å². The summed E-state index contributed by atoms with van der Waals surface area (Å²) >= 11 is -0.0725. The number of hydrogen-bond acceptors (Lipinski definition) is 4. The molecular weight excluding hydrogens is 339 g/mol. The van der Waals surface area contributed by atoms with Crippen LogP contribution in [0.3, 0.4) is 0 Å². The van der Waals surface area contributed by atoms with Gasteiger partial charge in [0.2, 0.25) is 0 Å². The molecule has 3 rings (SSSR count). The molecule has 0 amide bonds. The standard InChI is InChI=1S/C17H16AsN2O2/c1-21-15-8-13-14(9-16(15)22-2)19-11-20-17(13)18-10-12-6-4-3-5-7-12/h3-9,11H,10H2,1-2H3. The predicted molar refractivity (Wildman–Crippen MR) is 88.2 cm³/mol. The summed E-state index contributed by atoms with van der Waals surface area (Å²) in [7, 11) is 3.28. The van der Waals surface area contributed by atoms with E-state index in [2.05, 4.69) is 34.2 Å². The van der Waals surface area contributed by atoms with E-state index >= 15 is 0 Å². The van der Waals surface area contributed by atoms with Crippen molar-refractivity contribution < 1.29 is 9.47 Å². The van der Waals surface area contributed by atoms with E-state index in [1.807, 2.05) is 18.2 Å². The molecule has 1 aromatic heterocycles. The molecule has 0 aliphatic carbocycles. The molecule has 4 nitrogen and oxygen atoms in total. The Morgan fingerprint density at radius 1 is 0.955 bits per heavy atom. The molecule has 22 heavy (non-hydrogen) atoms. The molecule has 5 heteroatoms. The van der Waals surface area contributed by atoms with Gasteiger partial charge in [0.05, 0.1) is 0 Å². The van der Waals surface area contributed by atoms with Gasteiger partial charge in [-0.25, -0.2) is 0 Å². The van der Waals surface area contributed by atoms with Crippen molar-refractivity contribution in [3.63, 3.8) is 0 Å². The van der Waals surface area contributed by atoms with E-state index < -0.39 is 0 Å². The third-order valence-corrected chi connectivity index (χ3v) is 5.85. The maximum atomic E-state index is 5.39. The Kier molecular flexibility index (Phi) is 4.59. The molecular formula is C17H16AsN2O2. The van der Waals surface area contributed by atoms with Gasteiger partial charge >= 0.3 is 136 Å². The summed E-state index contributed by atoms with van der Waals surface area (Å²) < 4.78 is 11.8. The van der Waals surface area contributed by atoms with E-state index in [1.54, 1.807) is 20.5 Å². The van der Waals surface area contributed by atoms with Crippen molar-refractivity contribution in [2.45, 2.75) is 5.21 Å². The van der Waals surface area contributed by atoms with Gasteiger partial charge in [-0.3, -0.25) is 0 Å². The van der Waals surface area contributed by atoms with Crippen LogP contribution in [0, 0.1) is 0 Å². The van der Waals surface area contributed by atoms with E-state index in [-0.39, 0.29) is 15.8 Å². The molecule has 0 atom stereocenters. The van der Waals surface area contributed by atoms with E-state index in [1.165, 1.54) is 5.56 Å². The first kappa shape index (κ1) is 14.9. The number of benzene rings is 2. The minimum absolute atomic E-state index is 0.0725. The Morgan fingerprint density at radius 3 is 2.41 bits per heavy atom. The van der Waals surface area contributed by atoms with Crippen LogP contribution in [0.4, 0.5) is 0 Å². The van der Waals surface area contributed by atoms with Crippen LogP contribution < -0.4 is 14.0 Å². The summed E-state index contributed by atoms with van der Waals surface area (Å²) in [6.45, 7) is 0. The van der Waals surface area contributed by atoms with Crippen LogP contribution in [-0.2, 0) is 5.21 Å². The Hall–Kier alpha value is -2.06. The van der Waals surface area contributed by atoms with Gasteiger partial charge in [0.1, 0.15) is 0 Å². The number of nitrogens with zero attached hydrogens (tertiary/aromatic N) is 2. The molecule has 0 saturated carbocycles. The second kappa shape index (κ2) is 6.80. The molecule has 0 aliphatic rings. The molecule has 0 N–H and O–H groups in total. The number of fused-ring (bicyclic) bond motifs is 1. The molecule has 0 unspecified atom stereocenters. The summed E-state index contributed by atoms with van der Waals surface area (Å²) in [6.07, 6.45) is 1.63. The Balaban J connectivity index is 1.95. The third-order valence-electron chi connectivity index (χ3n) is 3.37. The molecule has 0 saturated heterocycles. The van der Waals surface area contributed by atoms with Gasteiger partial charge in [-0.15, -0.1) is 0 Å². The second-order valence-electron chi connectivity index (χ2n) is 4.72. The zero-order valence-electron chi connectivity index (χ0n) is 12.5. The van der Waals surface area contributed by atoms with Crippen LogP contribution in [0.5, 0.6) is 11.5 Å². The molecule has 1 heterocycles. The summed E-state index contributed by atoms with van der Waals surface area (Å²) in [5, 5.41) is 2.09. The SMILES string of the molecule is COc1cc2ncnc([As]Cc3ccccc3)c2cc1OC. The van der Waals surface area contributed by atoms with Gasteiger partial charge in [-0.1, -0.05) is 0 Å². The predicted octanol–water partition coefficient (Wildman–Crippen LogP) is 2.18. The maximum absolute atomic E-state index is 5.39. The number of rotatable bonds is 5. The number of methoxy groups -OCH3 is 2. The zero-order chi connectivity index (χ0) is 15.4. The van der Waals surface area contributed by atoms with Gasteiger partial charge in [0.15, 0.2) is 0 Å². The third kappa shape index (κ3) is 3.07. The van der Waals surface area contributed by atoms with Crippen molar-refractivity contribution in [1.82, 2.24) is 9.97 Å². The molecule has 1 radical (unpaired) electrons. The van der Waals surface area contributed by atoms with E-state index in [9.17, 15) is 0 Å². The van der Waals surface area contributed by atoms with Crippen molar-refractivity contribution in [2.24, 2.45) is 0 Å².